The van der Waals surface area contributed by atoms with E-state index in [9.17, 15) is 4.39 Å². The maximum absolute atomic E-state index is 14.2. The summed E-state index contributed by atoms with van der Waals surface area (Å²) < 4.78 is 16.0. The summed E-state index contributed by atoms with van der Waals surface area (Å²) >= 11 is 0. The largest absolute Gasteiger partial charge is 0.363 e. The van der Waals surface area contributed by atoms with Gasteiger partial charge in [0.25, 0.3) is 0 Å². The molecule has 3 heterocycles. The van der Waals surface area contributed by atoms with Crippen molar-refractivity contribution in [3.05, 3.63) is 78.5 Å². The maximum Gasteiger partial charge on any atom is 0.157 e. The van der Waals surface area contributed by atoms with Gasteiger partial charge in [-0.25, -0.2) is 9.37 Å². The molecule has 4 aromatic rings. The average molecular weight is 347 g/mol. The molecule has 0 radical (unpaired) electrons. The van der Waals surface area contributed by atoms with Gasteiger partial charge in [-0.05, 0) is 30.2 Å². The number of hydrogen-bond donors (Lipinski definition) is 1. The van der Waals surface area contributed by atoms with Crippen molar-refractivity contribution in [2.75, 3.05) is 5.32 Å². The first-order valence-electron chi connectivity index (χ1n) is 8.52. The summed E-state index contributed by atoms with van der Waals surface area (Å²) in [6, 6.07) is 14.3. The van der Waals surface area contributed by atoms with Crippen molar-refractivity contribution in [2.24, 2.45) is 0 Å². The topological polar surface area (TPSA) is 55.1 Å². The zero-order chi connectivity index (χ0) is 17.9. The standard InChI is InChI=1S/C20H18FN5/c1-2-17(14-6-5-10-22-13-14)24-20-12-18(15-7-3-4-8-16(15)21)25-19-9-11-23-26(19)20/h3-13,17,24H,2H2,1H3/t17-/m0/s1. The van der Waals surface area contributed by atoms with Crippen LogP contribution in [0.1, 0.15) is 24.9 Å². The number of aromatic nitrogens is 4. The molecule has 0 fully saturated rings. The van der Waals surface area contributed by atoms with Gasteiger partial charge in [0.05, 0.1) is 17.9 Å². The van der Waals surface area contributed by atoms with Crippen LogP contribution in [0.2, 0.25) is 0 Å². The first kappa shape index (κ1) is 16.2. The maximum atomic E-state index is 14.2. The van der Waals surface area contributed by atoms with Gasteiger partial charge < -0.3 is 5.32 Å². The highest BCUT2D eigenvalue weighted by molar-refractivity contribution is 5.67. The molecule has 1 N–H and O–H groups in total. The molecule has 6 heteroatoms. The Kier molecular flexibility index (Phi) is 4.31. The fourth-order valence-corrected chi connectivity index (χ4v) is 3.00. The third-order valence-corrected chi connectivity index (χ3v) is 4.33. The van der Waals surface area contributed by atoms with E-state index in [4.69, 9.17) is 0 Å². The molecule has 3 aromatic heterocycles. The van der Waals surface area contributed by atoms with Crippen LogP contribution >= 0.6 is 0 Å². The van der Waals surface area contributed by atoms with Crippen LogP contribution in [0.5, 0.6) is 0 Å². The van der Waals surface area contributed by atoms with E-state index in [2.05, 4.69) is 27.3 Å². The van der Waals surface area contributed by atoms with Crippen LogP contribution in [0.3, 0.4) is 0 Å². The molecule has 26 heavy (non-hydrogen) atoms. The first-order chi connectivity index (χ1) is 12.8. The monoisotopic (exact) mass is 347 g/mol. The molecule has 4 rings (SSSR count). The number of fused-ring (bicyclic) bond motifs is 1. The van der Waals surface area contributed by atoms with E-state index in [1.54, 1.807) is 41.2 Å². The summed E-state index contributed by atoms with van der Waals surface area (Å²) in [7, 11) is 0. The van der Waals surface area contributed by atoms with Gasteiger partial charge in [0.1, 0.15) is 11.6 Å². The van der Waals surface area contributed by atoms with Gasteiger partial charge in [0.2, 0.25) is 0 Å². The lowest BCUT2D eigenvalue weighted by atomic mass is 10.1. The van der Waals surface area contributed by atoms with Gasteiger partial charge >= 0.3 is 0 Å². The van der Waals surface area contributed by atoms with Gasteiger partial charge in [-0.3, -0.25) is 4.98 Å². The highest BCUT2D eigenvalue weighted by Crippen LogP contribution is 2.27. The Balaban J connectivity index is 1.79. The first-order valence-corrected chi connectivity index (χ1v) is 8.52. The average Bonchev–Trinajstić information content (AvgIpc) is 3.16. The van der Waals surface area contributed by atoms with E-state index in [0.717, 1.165) is 17.8 Å². The van der Waals surface area contributed by atoms with Crippen LogP contribution in [0.4, 0.5) is 10.2 Å². The molecule has 1 aromatic carbocycles. The number of halogens is 1. The molecule has 0 amide bonds. The zero-order valence-electron chi connectivity index (χ0n) is 14.3. The van der Waals surface area contributed by atoms with Crippen molar-refractivity contribution in [3.63, 3.8) is 0 Å². The molecule has 0 unspecified atom stereocenters. The van der Waals surface area contributed by atoms with Crippen molar-refractivity contribution in [3.8, 4) is 11.3 Å². The molecule has 0 aliphatic heterocycles. The number of nitrogens with zero attached hydrogens (tertiary/aromatic N) is 4. The lowest BCUT2D eigenvalue weighted by Crippen LogP contribution is -2.13. The molecule has 1 atom stereocenters. The third-order valence-electron chi connectivity index (χ3n) is 4.33. The van der Waals surface area contributed by atoms with Crippen molar-refractivity contribution in [1.82, 2.24) is 19.6 Å². The zero-order valence-corrected chi connectivity index (χ0v) is 14.3. The van der Waals surface area contributed by atoms with Crippen molar-refractivity contribution >= 4 is 11.5 Å². The molecule has 0 aliphatic rings. The molecule has 130 valence electrons. The lowest BCUT2D eigenvalue weighted by Gasteiger charge is -2.19. The van der Waals surface area contributed by atoms with Crippen LogP contribution in [0.25, 0.3) is 16.9 Å². The van der Waals surface area contributed by atoms with E-state index in [-0.39, 0.29) is 11.9 Å². The predicted octanol–water partition coefficient (Wildman–Crippen LogP) is 4.49. The second kappa shape index (κ2) is 6.92. The number of hydrogen-bond acceptors (Lipinski definition) is 4. The molecular formula is C20H18FN5. The molecule has 0 aliphatic carbocycles. The quantitative estimate of drug-likeness (QED) is 0.578. The van der Waals surface area contributed by atoms with Crippen molar-refractivity contribution < 1.29 is 4.39 Å². The van der Waals surface area contributed by atoms with Crippen LogP contribution in [0.15, 0.2) is 67.1 Å². The number of anilines is 1. The third kappa shape index (κ3) is 3.01. The lowest BCUT2D eigenvalue weighted by molar-refractivity contribution is 0.630. The Morgan fingerprint density at radius 1 is 1.12 bits per heavy atom. The molecule has 5 nitrogen and oxygen atoms in total. The van der Waals surface area contributed by atoms with E-state index in [0.29, 0.717) is 16.9 Å². The number of rotatable bonds is 5. The summed E-state index contributed by atoms with van der Waals surface area (Å²) in [5, 5.41) is 7.84. The Bertz CT molecular complexity index is 1030. The minimum absolute atomic E-state index is 0.0620. The summed E-state index contributed by atoms with van der Waals surface area (Å²) in [6.07, 6.45) is 6.15. The fourth-order valence-electron chi connectivity index (χ4n) is 3.00. The van der Waals surface area contributed by atoms with Crippen LogP contribution in [-0.4, -0.2) is 19.6 Å². The van der Waals surface area contributed by atoms with Gasteiger partial charge in [0, 0.05) is 30.1 Å². The van der Waals surface area contributed by atoms with Gasteiger partial charge in [-0.15, -0.1) is 0 Å². The molecule has 0 saturated carbocycles. The molecule has 0 saturated heterocycles. The SMILES string of the molecule is CC[C@H](Nc1cc(-c2ccccc2F)nc2ccnn12)c1cccnc1. The fraction of sp³-hybridized carbons (Fsp3) is 0.150. The second-order valence-corrected chi connectivity index (χ2v) is 6.00. The molecule has 0 spiro atoms. The summed E-state index contributed by atoms with van der Waals surface area (Å²) in [5.41, 5.74) is 2.78. The summed E-state index contributed by atoms with van der Waals surface area (Å²) in [6.45, 7) is 2.10. The second-order valence-electron chi connectivity index (χ2n) is 6.00. The smallest absolute Gasteiger partial charge is 0.157 e. The minimum Gasteiger partial charge on any atom is -0.363 e. The Hall–Kier alpha value is -3.28. The van der Waals surface area contributed by atoms with E-state index in [1.807, 2.05) is 24.4 Å². The van der Waals surface area contributed by atoms with Gasteiger partial charge in [-0.1, -0.05) is 25.1 Å². The highest BCUT2D eigenvalue weighted by Gasteiger charge is 2.15. The van der Waals surface area contributed by atoms with Crippen LogP contribution in [-0.2, 0) is 0 Å². The Labute approximate surface area is 150 Å². The normalized spacial score (nSPS) is 12.2. The predicted molar refractivity (Wildman–Crippen MR) is 99.3 cm³/mol. The summed E-state index contributed by atoms with van der Waals surface area (Å²) in [4.78, 5) is 8.74. The van der Waals surface area contributed by atoms with Gasteiger partial charge in [0.15, 0.2) is 5.65 Å². The van der Waals surface area contributed by atoms with E-state index in [1.165, 1.54) is 6.07 Å². The Morgan fingerprint density at radius 2 is 2.00 bits per heavy atom. The molecular weight excluding hydrogens is 329 g/mol. The number of benzene rings is 1. The Morgan fingerprint density at radius 3 is 2.77 bits per heavy atom. The van der Waals surface area contributed by atoms with E-state index >= 15 is 0 Å². The van der Waals surface area contributed by atoms with Crippen LogP contribution in [0, 0.1) is 5.82 Å². The van der Waals surface area contributed by atoms with Crippen LogP contribution < -0.4 is 5.32 Å². The van der Waals surface area contributed by atoms with Gasteiger partial charge in [-0.2, -0.15) is 9.61 Å². The number of pyridine rings is 1. The van der Waals surface area contributed by atoms with Crippen molar-refractivity contribution in [2.45, 2.75) is 19.4 Å². The van der Waals surface area contributed by atoms with E-state index < -0.39 is 0 Å². The highest BCUT2D eigenvalue weighted by atomic mass is 19.1. The summed E-state index contributed by atoms with van der Waals surface area (Å²) in [5.74, 6) is 0.461. The molecule has 0 bridgehead atoms. The van der Waals surface area contributed by atoms with Crippen molar-refractivity contribution in [1.29, 1.82) is 0 Å². The number of nitrogens with one attached hydrogen (secondary N) is 1. The minimum atomic E-state index is -0.297.